The summed E-state index contributed by atoms with van der Waals surface area (Å²) in [6, 6.07) is 1.83. The van der Waals surface area contributed by atoms with Crippen LogP contribution in [0.3, 0.4) is 0 Å². The minimum atomic E-state index is 0.159. The first-order valence-corrected chi connectivity index (χ1v) is 5.31. The average molecular weight is 246 g/mol. The second-order valence-electron chi connectivity index (χ2n) is 3.43. The van der Waals surface area contributed by atoms with Crippen LogP contribution in [0.15, 0.2) is 6.07 Å². The first kappa shape index (κ1) is 13.2. The molecule has 0 spiro atoms. The van der Waals surface area contributed by atoms with E-state index in [0.29, 0.717) is 30.0 Å². The predicted octanol–water partition coefficient (Wildman–Crippen LogP) is 1.72. The second-order valence-corrected chi connectivity index (χ2v) is 3.81. The lowest BCUT2D eigenvalue weighted by Crippen LogP contribution is -2.21. The Bertz CT molecular complexity index is 336. The normalized spacial score (nSPS) is 12.5. The summed E-state index contributed by atoms with van der Waals surface area (Å²) in [5.74, 6) is 1.23. The van der Waals surface area contributed by atoms with Crippen LogP contribution in [0.1, 0.15) is 12.7 Å². The summed E-state index contributed by atoms with van der Waals surface area (Å²) in [4.78, 5) is 8.29. The van der Waals surface area contributed by atoms with Crippen LogP contribution in [-0.4, -0.2) is 36.8 Å². The fraction of sp³-hybridized carbons (Fsp3) is 0.600. The molecule has 1 atom stereocenters. The number of hydrogen-bond donors (Lipinski definition) is 1. The Labute approximate surface area is 100 Å². The van der Waals surface area contributed by atoms with E-state index in [2.05, 4.69) is 15.3 Å². The van der Waals surface area contributed by atoms with Crippen LogP contribution in [0.4, 0.5) is 5.82 Å². The molecule has 90 valence electrons. The standard InChI is InChI=1S/C10H16ClN3O2/c1-7(5-15-2)12-9-4-8(11)13-10(14-9)6-16-3/h4,7H,5-6H2,1-3H3,(H,12,13,14). The molecule has 0 fully saturated rings. The van der Waals surface area contributed by atoms with Gasteiger partial charge in [-0.3, -0.25) is 0 Å². The van der Waals surface area contributed by atoms with Crippen LogP contribution in [0.2, 0.25) is 5.15 Å². The number of nitrogens with one attached hydrogen (secondary N) is 1. The maximum atomic E-state index is 5.87. The van der Waals surface area contributed by atoms with E-state index in [0.717, 1.165) is 0 Å². The van der Waals surface area contributed by atoms with Crippen molar-refractivity contribution in [2.45, 2.75) is 19.6 Å². The van der Waals surface area contributed by atoms with Crippen LogP contribution in [0.25, 0.3) is 0 Å². The Morgan fingerprint density at radius 3 is 2.75 bits per heavy atom. The Morgan fingerprint density at radius 1 is 1.38 bits per heavy atom. The molecule has 0 aliphatic heterocycles. The highest BCUT2D eigenvalue weighted by Crippen LogP contribution is 2.13. The summed E-state index contributed by atoms with van der Waals surface area (Å²) >= 11 is 5.87. The first-order valence-electron chi connectivity index (χ1n) is 4.93. The van der Waals surface area contributed by atoms with E-state index in [-0.39, 0.29) is 6.04 Å². The van der Waals surface area contributed by atoms with Gasteiger partial charge in [-0.15, -0.1) is 0 Å². The zero-order chi connectivity index (χ0) is 12.0. The van der Waals surface area contributed by atoms with Gasteiger partial charge >= 0.3 is 0 Å². The molecular weight excluding hydrogens is 230 g/mol. The van der Waals surface area contributed by atoms with E-state index >= 15 is 0 Å². The number of ether oxygens (including phenoxy) is 2. The molecule has 0 aliphatic carbocycles. The van der Waals surface area contributed by atoms with Crippen molar-refractivity contribution in [1.82, 2.24) is 9.97 Å². The fourth-order valence-corrected chi connectivity index (χ4v) is 1.48. The molecule has 1 N–H and O–H groups in total. The van der Waals surface area contributed by atoms with Crippen molar-refractivity contribution in [3.8, 4) is 0 Å². The molecule has 6 heteroatoms. The summed E-state index contributed by atoms with van der Waals surface area (Å²) in [5.41, 5.74) is 0. The molecule has 0 aliphatic rings. The smallest absolute Gasteiger partial charge is 0.158 e. The molecule has 5 nitrogen and oxygen atoms in total. The van der Waals surface area contributed by atoms with Crippen LogP contribution >= 0.6 is 11.6 Å². The van der Waals surface area contributed by atoms with E-state index in [1.165, 1.54) is 0 Å². The van der Waals surface area contributed by atoms with Gasteiger partial charge in [0, 0.05) is 26.3 Å². The lowest BCUT2D eigenvalue weighted by atomic mass is 10.3. The largest absolute Gasteiger partial charge is 0.383 e. The van der Waals surface area contributed by atoms with Crippen molar-refractivity contribution in [2.75, 3.05) is 26.1 Å². The number of methoxy groups -OCH3 is 2. The van der Waals surface area contributed by atoms with E-state index in [9.17, 15) is 0 Å². The van der Waals surface area contributed by atoms with Gasteiger partial charge in [0.05, 0.1) is 6.61 Å². The van der Waals surface area contributed by atoms with Crippen molar-refractivity contribution in [1.29, 1.82) is 0 Å². The first-order chi connectivity index (χ1) is 7.65. The lowest BCUT2D eigenvalue weighted by Gasteiger charge is -2.13. The van der Waals surface area contributed by atoms with Gasteiger partial charge in [-0.05, 0) is 6.92 Å². The van der Waals surface area contributed by atoms with Gasteiger partial charge in [0.25, 0.3) is 0 Å². The molecule has 1 heterocycles. The molecule has 1 aromatic rings. The van der Waals surface area contributed by atoms with Gasteiger partial charge in [-0.1, -0.05) is 11.6 Å². The Morgan fingerprint density at radius 2 is 2.12 bits per heavy atom. The Balaban J connectivity index is 2.71. The molecule has 0 amide bonds. The third kappa shape index (κ3) is 4.30. The molecule has 0 saturated carbocycles. The molecule has 0 aromatic carbocycles. The van der Waals surface area contributed by atoms with Gasteiger partial charge in [-0.2, -0.15) is 0 Å². The van der Waals surface area contributed by atoms with Gasteiger partial charge in [0.1, 0.15) is 17.6 Å². The number of hydrogen-bond acceptors (Lipinski definition) is 5. The van der Waals surface area contributed by atoms with E-state index in [1.807, 2.05) is 6.92 Å². The maximum Gasteiger partial charge on any atom is 0.158 e. The number of rotatable bonds is 6. The highest BCUT2D eigenvalue weighted by atomic mass is 35.5. The molecule has 16 heavy (non-hydrogen) atoms. The zero-order valence-electron chi connectivity index (χ0n) is 9.66. The summed E-state index contributed by atoms with van der Waals surface area (Å²) in [7, 11) is 3.24. The minimum Gasteiger partial charge on any atom is -0.383 e. The van der Waals surface area contributed by atoms with Gasteiger partial charge < -0.3 is 14.8 Å². The number of anilines is 1. The van der Waals surface area contributed by atoms with Crippen molar-refractivity contribution < 1.29 is 9.47 Å². The number of nitrogens with zero attached hydrogens (tertiary/aromatic N) is 2. The predicted molar refractivity (Wildman–Crippen MR) is 62.7 cm³/mol. The molecule has 1 rings (SSSR count). The van der Waals surface area contributed by atoms with Gasteiger partial charge in [0.2, 0.25) is 0 Å². The molecule has 1 aromatic heterocycles. The van der Waals surface area contributed by atoms with Crippen molar-refractivity contribution in [3.63, 3.8) is 0 Å². The van der Waals surface area contributed by atoms with Crippen molar-refractivity contribution in [2.24, 2.45) is 0 Å². The third-order valence-electron chi connectivity index (χ3n) is 1.83. The fourth-order valence-electron chi connectivity index (χ4n) is 1.28. The lowest BCUT2D eigenvalue weighted by molar-refractivity contribution is 0.177. The average Bonchev–Trinajstić information content (AvgIpc) is 2.17. The zero-order valence-corrected chi connectivity index (χ0v) is 10.4. The van der Waals surface area contributed by atoms with Gasteiger partial charge in [-0.25, -0.2) is 9.97 Å². The van der Waals surface area contributed by atoms with E-state index < -0.39 is 0 Å². The maximum absolute atomic E-state index is 5.87. The molecule has 0 radical (unpaired) electrons. The van der Waals surface area contributed by atoms with Crippen LogP contribution in [0, 0.1) is 0 Å². The van der Waals surface area contributed by atoms with Gasteiger partial charge in [0.15, 0.2) is 5.82 Å². The quantitative estimate of drug-likeness (QED) is 0.774. The number of halogens is 1. The summed E-state index contributed by atoms with van der Waals surface area (Å²) in [6.07, 6.45) is 0. The SMILES string of the molecule is COCc1nc(Cl)cc(NC(C)COC)n1. The topological polar surface area (TPSA) is 56.3 Å². The molecule has 1 unspecified atom stereocenters. The van der Waals surface area contributed by atoms with Crippen LogP contribution in [0.5, 0.6) is 0 Å². The Kier molecular flexibility index (Phi) is 5.45. The molecule has 0 saturated heterocycles. The molecular formula is C10H16ClN3O2. The van der Waals surface area contributed by atoms with E-state index in [1.54, 1.807) is 20.3 Å². The van der Waals surface area contributed by atoms with Crippen molar-refractivity contribution >= 4 is 17.4 Å². The summed E-state index contributed by atoms with van der Waals surface area (Å²) in [6.45, 7) is 2.94. The highest BCUT2D eigenvalue weighted by molar-refractivity contribution is 6.29. The monoisotopic (exact) mass is 245 g/mol. The van der Waals surface area contributed by atoms with Crippen LogP contribution < -0.4 is 5.32 Å². The Hall–Kier alpha value is -0.910. The minimum absolute atomic E-state index is 0.159. The molecule has 0 bridgehead atoms. The second kappa shape index (κ2) is 6.62. The highest BCUT2D eigenvalue weighted by Gasteiger charge is 2.06. The number of aromatic nitrogens is 2. The van der Waals surface area contributed by atoms with Crippen molar-refractivity contribution in [3.05, 3.63) is 17.0 Å². The summed E-state index contributed by atoms with van der Waals surface area (Å²) < 4.78 is 9.97. The van der Waals surface area contributed by atoms with E-state index in [4.69, 9.17) is 21.1 Å². The summed E-state index contributed by atoms with van der Waals surface area (Å²) in [5, 5.41) is 3.56. The van der Waals surface area contributed by atoms with Crippen LogP contribution in [-0.2, 0) is 16.1 Å². The third-order valence-corrected chi connectivity index (χ3v) is 2.02.